The van der Waals surface area contributed by atoms with E-state index in [4.69, 9.17) is 4.74 Å². The monoisotopic (exact) mass is 229 g/mol. The van der Waals surface area contributed by atoms with Crippen molar-refractivity contribution in [2.24, 2.45) is 0 Å². The first kappa shape index (κ1) is 7.48. The third-order valence-corrected chi connectivity index (χ3v) is 1.72. The predicted molar refractivity (Wildman–Crippen MR) is 43.9 cm³/mol. The van der Waals surface area contributed by atoms with Crippen LogP contribution in [0.1, 0.15) is 0 Å². The van der Waals surface area contributed by atoms with Gasteiger partial charge in [-0.25, -0.2) is 9.97 Å². The third kappa shape index (κ3) is 1.25. The molecule has 2 rings (SSSR count). The van der Waals surface area contributed by atoms with Crippen molar-refractivity contribution in [3.8, 4) is 5.75 Å². The van der Waals surface area contributed by atoms with Crippen LogP contribution in [0.15, 0.2) is 10.9 Å². The molecule has 5 nitrogen and oxygen atoms in total. The summed E-state index contributed by atoms with van der Waals surface area (Å²) in [6, 6.07) is 0. The molecule has 1 amide bonds. The van der Waals surface area contributed by atoms with Crippen molar-refractivity contribution in [1.29, 1.82) is 0 Å². The number of carbonyl (C=O) groups is 1. The normalized spacial score (nSPS) is 14.6. The number of carbonyl (C=O) groups excluding carboxylic acids is 1. The molecule has 1 aliphatic rings. The molecule has 6 heteroatoms. The highest BCUT2D eigenvalue weighted by atomic mass is 79.9. The summed E-state index contributed by atoms with van der Waals surface area (Å²) in [5.74, 6) is 0.707. The quantitative estimate of drug-likeness (QED) is 0.661. The number of halogens is 1. The molecular weight excluding hydrogens is 226 g/mol. The van der Waals surface area contributed by atoms with Crippen LogP contribution < -0.4 is 10.1 Å². The minimum Gasteiger partial charge on any atom is -0.478 e. The van der Waals surface area contributed by atoms with Gasteiger partial charge in [0.05, 0.1) is 6.20 Å². The fourth-order valence-electron chi connectivity index (χ4n) is 0.856. The molecule has 0 radical (unpaired) electrons. The van der Waals surface area contributed by atoms with Gasteiger partial charge in [-0.1, -0.05) is 0 Å². The van der Waals surface area contributed by atoms with Crippen molar-refractivity contribution in [2.45, 2.75) is 0 Å². The zero-order valence-corrected chi connectivity index (χ0v) is 7.46. The Labute approximate surface area is 76.3 Å². The van der Waals surface area contributed by atoms with Gasteiger partial charge in [0.25, 0.3) is 5.91 Å². The number of fused-ring (bicyclic) bond motifs is 1. The van der Waals surface area contributed by atoms with Crippen LogP contribution in [0.3, 0.4) is 0 Å². The Hall–Kier alpha value is -1.17. The summed E-state index contributed by atoms with van der Waals surface area (Å²) in [6.45, 7) is 0.0258. The number of hydrogen-bond donors (Lipinski definition) is 1. The summed E-state index contributed by atoms with van der Waals surface area (Å²) in [4.78, 5) is 18.6. The standard InChI is InChI=1S/C6H4BrN3O2/c7-6-8-1-3-5(10-6)9-4(11)2-12-3/h1H,2H2,(H,8,9,10,11). The molecule has 62 valence electrons. The average molecular weight is 230 g/mol. The lowest BCUT2D eigenvalue weighted by Crippen LogP contribution is -2.26. The molecule has 0 saturated carbocycles. The van der Waals surface area contributed by atoms with Crippen molar-refractivity contribution in [1.82, 2.24) is 9.97 Å². The molecule has 0 spiro atoms. The van der Waals surface area contributed by atoms with E-state index < -0.39 is 0 Å². The summed E-state index contributed by atoms with van der Waals surface area (Å²) in [5, 5.41) is 2.56. The van der Waals surface area contributed by atoms with E-state index in [9.17, 15) is 4.79 Å². The highest BCUT2D eigenvalue weighted by Gasteiger charge is 2.17. The third-order valence-electron chi connectivity index (χ3n) is 1.34. The summed E-state index contributed by atoms with van der Waals surface area (Å²) >= 11 is 3.08. The number of amides is 1. The van der Waals surface area contributed by atoms with E-state index in [0.29, 0.717) is 16.3 Å². The van der Waals surface area contributed by atoms with E-state index in [1.165, 1.54) is 6.20 Å². The SMILES string of the molecule is O=C1COc2cnc(Br)nc2N1. The number of anilines is 1. The zero-order chi connectivity index (χ0) is 8.55. The lowest BCUT2D eigenvalue weighted by Gasteiger charge is -2.15. The van der Waals surface area contributed by atoms with E-state index in [2.05, 4.69) is 31.2 Å². The number of nitrogens with zero attached hydrogens (tertiary/aromatic N) is 2. The topological polar surface area (TPSA) is 64.1 Å². The smallest absolute Gasteiger partial charge is 0.263 e. The van der Waals surface area contributed by atoms with Crippen molar-refractivity contribution < 1.29 is 9.53 Å². The van der Waals surface area contributed by atoms with Gasteiger partial charge in [-0.05, 0) is 15.9 Å². The maximum atomic E-state index is 10.8. The fraction of sp³-hybridized carbons (Fsp3) is 0.167. The average Bonchev–Trinajstić information content (AvgIpc) is 2.03. The largest absolute Gasteiger partial charge is 0.478 e. The minimum atomic E-state index is -0.201. The molecule has 1 aromatic rings. The number of rotatable bonds is 0. The van der Waals surface area contributed by atoms with Crippen LogP contribution in [-0.2, 0) is 4.79 Å². The molecule has 0 saturated heterocycles. The molecule has 0 atom stereocenters. The molecule has 2 heterocycles. The Balaban J connectivity index is 2.44. The molecule has 12 heavy (non-hydrogen) atoms. The second-order valence-electron chi connectivity index (χ2n) is 2.19. The first-order valence-corrected chi connectivity index (χ1v) is 4.00. The molecule has 0 fully saturated rings. The van der Waals surface area contributed by atoms with Gasteiger partial charge < -0.3 is 10.1 Å². The fourth-order valence-corrected chi connectivity index (χ4v) is 1.14. The first-order valence-electron chi connectivity index (χ1n) is 3.21. The van der Waals surface area contributed by atoms with E-state index in [-0.39, 0.29) is 12.5 Å². The lowest BCUT2D eigenvalue weighted by atomic mass is 10.4. The summed E-state index contributed by atoms with van der Waals surface area (Å²) in [5.41, 5.74) is 0. The Bertz CT molecular complexity index is 342. The molecule has 1 N–H and O–H groups in total. The summed E-state index contributed by atoms with van der Waals surface area (Å²) < 4.78 is 5.46. The Morgan fingerprint density at radius 2 is 2.50 bits per heavy atom. The first-order chi connectivity index (χ1) is 5.75. The van der Waals surface area contributed by atoms with Crippen molar-refractivity contribution in [3.05, 3.63) is 10.9 Å². The minimum absolute atomic E-state index is 0.0258. The van der Waals surface area contributed by atoms with Gasteiger partial charge in [-0.2, -0.15) is 0 Å². The Kier molecular flexibility index (Phi) is 1.69. The molecule has 1 aromatic heterocycles. The zero-order valence-electron chi connectivity index (χ0n) is 5.87. The number of ether oxygens (including phenoxy) is 1. The number of hydrogen-bond acceptors (Lipinski definition) is 4. The molecule has 0 unspecified atom stereocenters. The highest BCUT2D eigenvalue weighted by molar-refractivity contribution is 9.10. The molecular formula is C6H4BrN3O2. The Morgan fingerprint density at radius 3 is 3.33 bits per heavy atom. The van der Waals surface area contributed by atoms with Crippen LogP contribution in [0.5, 0.6) is 5.75 Å². The van der Waals surface area contributed by atoms with Gasteiger partial charge in [0, 0.05) is 0 Å². The van der Waals surface area contributed by atoms with E-state index in [1.54, 1.807) is 0 Å². The van der Waals surface area contributed by atoms with Crippen molar-refractivity contribution in [3.63, 3.8) is 0 Å². The summed E-state index contributed by atoms with van der Waals surface area (Å²) in [7, 11) is 0. The van der Waals surface area contributed by atoms with Crippen LogP contribution in [0.2, 0.25) is 0 Å². The van der Waals surface area contributed by atoms with Gasteiger partial charge in [-0.3, -0.25) is 4.79 Å². The number of nitrogens with one attached hydrogen (secondary N) is 1. The lowest BCUT2D eigenvalue weighted by molar-refractivity contribution is -0.118. The second kappa shape index (κ2) is 2.71. The van der Waals surface area contributed by atoms with Crippen LogP contribution in [-0.4, -0.2) is 22.5 Å². The van der Waals surface area contributed by atoms with Gasteiger partial charge in [0.2, 0.25) is 0 Å². The van der Waals surface area contributed by atoms with Gasteiger partial charge in [0.1, 0.15) is 0 Å². The molecule has 1 aliphatic heterocycles. The number of aromatic nitrogens is 2. The Morgan fingerprint density at radius 1 is 1.67 bits per heavy atom. The van der Waals surface area contributed by atoms with Gasteiger partial charge in [-0.15, -0.1) is 0 Å². The van der Waals surface area contributed by atoms with Crippen LogP contribution in [0.4, 0.5) is 5.82 Å². The van der Waals surface area contributed by atoms with E-state index >= 15 is 0 Å². The van der Waals surface area contributed by atoms with Crippen LogP contribution in [0, 0.1) is 0 Å². The van der Waals surface area contributed by atoms with E-state index in [0.717, 1.165) is 0 Å². The maximum absolute atomic E-state index is 10.8. The van der Waals surface area contributed by atoms with Crippen LogP contribution >= 0.6 is 15.9 Å². The molecule has 0 bridgehead atoms. The second-order valence-corrected chi connectivity index (χ2v) is 2.90. The van der Waals surface area contributed by atoms with Crippen molar-refractivity contribution in [2.75, 3.05) is 11.9 Å². The maximum Gasteiger partial charge on any atom is 0.263 e. The predicted octanol–water partition coefficient (Wildman–Crippen LogP) is 0.570. The van der Waals surface area contributed by atoms with Gasteiger partial charge in [0.15, 0.2) is 22.9 Å². The van der Waals surface area contributed by atoms with Crippen LogP contribution in [0.25, 0.3) is 0 Å². The van der Waals surface area contributed by atoms with Gasteiger partial charge >= 0.3 is 0 Å². The highest BCUT2D eigenvalue weighted by Crippen LogP contribution is 2.24. The molecule has 0 aromatic carbocycles. The molecule has 0 aliphatic carbocycles. The summed E-state index contributed by atoms with van der Waals surface area (Å²) in [6.07, 6.45) is 1.51. The van der Waals surface area contributed by atoms with Crippen molar-refractivity contribution >= 4 is 27.7 Å². The van der Waals surface area contributed by atoms with E-state index in [1.807, 2.05) is 0 Å².